The van der Waals surface area contributed by atoms with Gasteiger partial charge in [-0.05, 0) is 112 Å². The van der Waals surface area contributed by atoms with Crippen LogP contribution in [0.25, 0.3) is 0 Å². The molecule has 0 saturated carbocycles. The Balaban J connectivity index is 1.85. The highest BCUT2D eigenvalue weighted by Gasteiger charge is 2.42. The molecule has 0 spiro atoms. The zero-order chi connectivity index (χ0) is 38.2. The van der Waals surface area contributed by atoms with E-state index in [9.17, 15) is 15.3 Å². The molecule has 6 nitrogen and oxygen atoms in total. The minimum absolute atomic E-state index is 0.205. The van der Waals surface area contributed by atoms with Crippen molar-refractivity contribution in [1.82, 2.24) is 15.1 Å². The molecule has 1 aliphatic rings. The second-order valence-corrected chi connectivity index (χ2v) is 17.3. The van der Waals surface area contributed by atoms with Crippen LogP contribution in [-0.4, -0.2) is 49.6 Å². The summed E-state index contributed by atoms with van der Waals surface area (Å²) in [6.45, 7) is 32.0. The van der Waals surface area contributed by atoms with Crippen LogP contribution >= 0.6 is 0 Å². The number of aromatic hydroxyl groups is 3. The van der Waals surface area contributed by atoms with Crippen molar-refractivity contribution in [1.29, 1.82) is 0 Å². The molecule has 3 N–H and O–H groups in total. The maximum atomic E-state index is 11.2. The van der Waals surface area contributed by atoms with E-state index in [0.29, 0.717) is 30.3 Å². The van der Waals surface area contributed by atoms with Crippen molar-refractivity contribution in [3.8, 4) is 17.2 Å². The number of hydrogen-bond acceptors (Lipinski definition) is 6. The van der Waals surface area contributed by atoms with E-state index in [1.165, 1.54) is 16.7 Å². The summed E-state index contributed by atoms with van der Waals surface area (Å²) in [5, 5.41) is 41.0. The molecule has 1 heterocycles. The first-order valence-corrected chi connectivity index (χ1v) is 19.6. The zero-order valence-corrected chi connectivity index (χ0v) is 34.5. The summed E-state index contributed by atoms with van der Waals surface area (Å²) >= 11 is 0. The lowest BCUT2D eigenvalue weighted by Gasteiger charge is -2.55. The maximum Gasteiger partial charge on any atom is 0.122 e. The van der Waals surface area contributed by atoms with Gasteiger partial charge in [0.2, 0.25) is 0 Å². The Kier molecular flexibility index (Phi) is 13.0. The minimum Gasteiger partial charge on any atom is -0.507 e. The lowest BCUT2D eigenvalue weighted by atomic mass is 9.82. The number of rotatable bonds is 12. The first-order valence-electron chi connectivity index (χ1n) is 19.6. The van der Waals surface area contributed by atoms with Crippen molar-refractivity contribution < 1.29 is 15.3 Å². The molecule has 1 aliphatic heterocycles. The van der Waals surface area contributed by atoms with Crippen LogP contribution in [0.1, 0.15) is 183 Å². The van der Waals surface area contributed by atoms with Crippen LogP contribution in [-0.2, 0) is 19.5 Å². The summed E-state index contributed by atoms with van der Waals surface area (Å²) in [4.78, 5) is 0. The van der Waals surface area contributed by atoms with Gasteiger partial charge < -0.3 is 15.3 Å². The fourth-order valence-electron chi connectivity index (χ4n) is 8.17. The summed E-state index contributed by atoms with van der Waals surface area (Å²) in [5.41, 5.74) is 9.74. The quantitative estimate of drug-likeness (QED) is 0.175. The maximum absolute atomic E-state index is 11.2. The average Bonchev–Trinajstić information content (AvgIpc) is 3.04. The second-order valence-electron chi connectivity index (χ2n) is 17.3. The number of phenolic OH excluding ortho intramolecular Hbond substituents is 3. The Morgan fingerprint density at radius 1 is 0.451 bits per heavy atom. The van der Waals surface area contributed by atoms with E-state index in [1.807, 2.05) is 0 Å². The summed E-state index contributed by atoms with van der Waals surface area (Å²) in [6.07, 6.45) is 0.886. The fourth-order valence-corrected chi connectivity index (χ4v) is 8.17. The largest absolute Gasteiger partial charge is 0.507 e. The van der Waals surface area contributed by atoms with Gasteiger partial charge in [-0.15, -0.1) is 0 Å². The molecule has 1 saturated heterocycles. The van der Waals surface area contributed by atoms with Gasteiger partial charge in [0.1, 0.15) is 17.2 Å². The van der Waals surface area contributed by atoms with Crippen LogP contribution in [0.5, 0.6) is 17.2 Å². The molecule has 1 fully saturated rings. The molecular formula is C45H69N3O3. The Hall–Kier alpha value is -3.06. The molecule has 3 aromatic carbocycles. The molecule has 3 aromatic rings. The Morgan fingerprint density at radius 2 is 0.686 bits per heavy atom. The highest BCUT2D eigenvalue weighted by Crippen LogP contribution is 2.41. The van der Waals surface area contributed by atoms with E-state index >= 15 is 0 Å². The standard InChI is InChI=1S/C45H69N3O3/c1-25(2)36-16-33(17-37(26(3)4)43(36)49)18-42-31(13)47(23-34-19-38(27(5)6)44(50)39(20-34)28(7)8)46(15)48(32(42)14)24-35-21-40(29(9)10)45(51)41(22-35)30(11)12/h16-17,19-22,25-32,42,49-51H,18,23-24H2,1-15H3. The normalized spacial score (nSPS) is 19.6. The van der Waals surface area contributed by atoms with Crippen molar-refractivity contribution in [2.45, 2.75) is 164 Å². The van der Waals surface area contributed by atoms with Crippen molar-refractivity contribution in [3.05, 3.63) is 86.5 Å². The van der Waals surface area contributed by atoms with Crippen LogP contribution in [0.3, 0.4) is 0 Å². The zero-order valence-electron chi connectivity index (χ0n) is 34.5. The predicted molar refractivity (Wildman–Crippen MR) is 214 cm³/mol. The molecule has 51 heavy (non-hydrogen) atoms. The molecule has 282 valence electrons. The van der Waals surface area contributed by atoms with Crippen molar-refractivity contribution in [2.75, 3.05) is 7.05 Å². The van der Waals surface area contributed by atoms with Crippen molar-refractivity contribution in [3.63, 3.8) is 0 Å². The molecule has 2 unspecified atom stereocenters. The molecule has 4 rings (SSSR count). The monoisotopic (exact) mass is 700 g/mol. The highest BCUT2D eigenvalue weighted by atomic mass is 16.3. The van der Waals surface area contributed by atoms with Crippen molar-refractivity contribution in [2.24, 2.45) is 5.92 Å². The number of hydrogen-bond donors (Lipinski definition) is 3. The van der Waals surface area contributed by atoms with Gasteiger partial charge in [-0.25, -0.2) is 10.0 Å². The molecule has 6 heteroatoms. The van der Waals surface area contributed by atoms with Gasteiger partial charge in [0.05, 0.1) is 0 Å². The molecule has 0 radical (unpaired) electrons. The Morgan fingerprint density at radius 3 is 0.922 bits per heavy atom. The third-order valence-electron chi connectivity index (χ3n) is 11.5. The predicted octanol–water partition coefficient (Wildman–Crippen LogP) is 11.3. The third kappa shape index (κ3) is 8.61. The van der Waals surface area contributed by atoms with E-state index < -0.39 is 0 Å². The van der Waals surface area contributed by atoms with Gasteiger partial charge in [0.25, 0.3) is 0 Å². The van der Waals surface area contributed by atoms with Crippen LogP contribution in [0.15, 0.2) is 36.4 Å². The van der Waals surface area contributed by atoms with Crippen LogP contribution < -0.4 is 0 Å². The van der Waals surface area contributed by atoms with Gasteiger partial charge in [-0.2, -0.15) is 5.12 Å². The van der Waals surface area contributed by atoms with E-state index in [4.69, 9.17) is 0 Å². The first kappa shape index (κ1) is 40.7. The number of hydrazine groups is 2. The molecule has 2 atom stereocenters. The van der Waals surface area contributed by atoms with Gasteiger partial charge in [0.15, 0.2) is 0 Å². The molecule has 0 amide bonds. The molecular weight excluding hydrogens is 631 g/mol. The van der Waals surface area contributed by atoms with Gasteiger partial charge in [-0.1, -0.05) is 119 Å². The minimum atomic E-state index is 0.205. The first-order chi connectivity index (χ1) is 23.7. The molecule has 0 aromatic heterocycles. The Bertz CT molecular complexity index is 1360. The van der Waals surface area contributed by atoms with E-state index in [2.05, 4.69) is 156 Å². The second kappa shape index (κ2) is 16.3. The van der Waals surface area contributed by atoms with Gasteiger partial charge in [-0.3, -0.25) is 0 Å². The average molecular weight is 700 g/mol. The third-order valence-corrected chi connectivity index (χ3v) is 11.5. The summed E-state index contributed by atoms with van der Waals surface area (Å²) in [6, 6.07) is 13.7. The van der Waals surface area contributed by atoms with Gasteiger partial charge >= 0.3 is 0 Å². The van der Waals surface area contributed by atoms with Crippen LogP contribution in [0.2, 0.25) is 0 Å². The van der Waals surface area contributed by atoms with E-state index in [-0.39, 0.29) is 53.5 Å². The summed E-state index contributed by atoms with van der Waals surface area (Å²) in [7, 11) is 2.19. The topological polar surface area (TPSA) is 70.4 Å². The van der Waals surface area contributed by atoms with Crippen LogP contribution in [0.4, 0.5) is 0 Å². The lowest BCUT2D eigenvalue weighted by molar-refractivity contribution is -0.263. The number of phenols is 3. The molecule has 0 aliphatic carbocycles. The molecule has 0 bridgehead atoms. The van der Waals surface area contributed by atoms with Crippen molar-refractivity contribution >= 4 is 0 Å². The van der Waals surface area contributed by atoms with E-state index in [1.54, 1.807) is 0 Å². The lowest BCUT2D eigenvalue weighted by Crippen LogP contribution is -2.66. The summed E-state index contributed by atoms with van der Waals surface area (Å²) < 4.78 is 0. The Labute approximate surface area is 310 Å². The smallest absolute Gasteiger partial charge is 0.122 e. The van der Waals surface area contributed by atoms with Crippen LogP contribution in [0, 0.1) is 5.92 Å². The van der Waals surface area contributed by atoms with Gasteiger partial charge in [0, 0.05) is 32.2 Å². The SMILES string of the molecule is CC(C)c1cc(CC2C(C)N(Cc3cc(C(C)C)c(O)c(C(C)C)c3)N(C)N(Cc3cc(C(C)C)c(O)c(C(C)C)c3)C2C)cc(C(C)C)c1O. The number of benzene rings is 3. The fraction of sp³-hybridized carbons (Fsp3) is 0.600. The van der Waals surface area contributed by atoms with E-state index in [0.717, 1.165) is 39.8 Å². The highest BCUT2D eigenvalue weighted by molar-refractivity contribution is 5.49. The number of nitrogens with zero attached hydrogens (tertiary/aromatic N) is 3. The summed E-state index contributed by atoms with van der Waals surface area (Å²) in [5.74, 6) is 2.88.